The average molecular weight is 368 g/mol. The molecule has 2 aromatic rings. The van der Waals surface area contributed by atoms with E-state index in [1.807, 2.05) is 62.4 Å². The molecule has 0 spiro atoms. The fraction of sp³-hybridized carbons (Fsp3) is 0.333. The average Bonchev–Trinajstić information content (AvgIpc) is 2.55. The van der Waals surface area contributed by atoms with Crippen LogP contribution >= 0.6 is 11.6 Å². The number of rotatable bonds is 8. The van der Waals surface area contributed by atoms with Crippen LogP contribution in [0.5, 0.6) is 5.75 Å². The van der Waals surface area contributed by atoms with Gasteiger partial charge in [-0.15, -0.1) is 0 Å². The zero-order valence-electron chi connectivity index (χ0n) is 13.8. The SMILES string of the molecule is CCCS(=O)(=O)NCC(C)Oc1ccc(-c2ccc(Cl)cc2)cc1. The molecular weight excluding hydrogens is 346 g/mol. The molecule has 0 bridgehead atoms. The fourth-order valence-corrected chi connectivity index (χ4v) is 3.52. The number of benzene rings is 2. The van der Waals surface area contributed by atoms with Gasteiger partial charge in [0.2, 0.25) is 10.0 Å². The molecule has 0 saturated heterocycles. The van der Waals surface area contributed by atoms with Crippen molar-refractivity contribution in [3.8, 4) is 16.9 Å². The molecule has 1 atom stereocenters. The third kappa shape index (κ3) is 5.82. The highest BCUT2D eigenvalue weighted by atomic mass is 35.5. The van der Waals surface area contributed by atoms with Gasteiger partial charge in [0.05, 0.1) is 5.75 Å². The number of halogens is 1. The van der Waals surface area contributed by atoms with Gasteiger partial charge in [-0.1, -0.05) is 42.8 Å². The molecule has 2 aromatic carbocycles. The van der Waals surface area contributed by atoms with Gasteiger partial charge in [0.1, 0.15) is 11.9 Å². The van der Waals surface area contributed by atoms with Crippen LogP contribution in [0.2, 0.25) is 5.02 Å². The first-order valence-corrected chi connectivity index (χ1v) is 9.92. The molecule has 0 aliphatic rings. The lowest BCUT2D eigenvalue weighted by Gasteiger charge is -2.16. The zero-order chi connectivity index (χ0) is 17.6. The standard InChI is InChI=1S/C18H22ClNO3S/c1-3-12-24(21,22)20-13-14(2)23-18-10-6-16(7-11-18)15-4-8-17(19)9-5-15/h4-11,14,20H,3,12-13H2,1-2H3. The van der Waals surface area contributed by atoms with Gasteiger partial charge in [-0.3, -0.25) is 0 Å². The largest absolute Gasteiger partial charge is 0.489 e. The maximum Gasteiger partial charge on any atom is 0.211 e. The second kappa shape index (κ2) is 8.51. The second-order valence-electron chi connectivity index (χ2n) is 5.63. The van der Waals surface area contributed by atoms with Crippen molar-refractivity contribution in [2.24, 2.45) is 0 Å². The Morgan fingerprint density at radius 2 is 1.58 bits per heavy atom. The van der Waals surface area contributed by atoms with E-state index in [2.05, 4.69) is 4.72 Å². The molecule has 0 amide bonds. The molecule has 1 N–H and O–H groups in total. The van der Waals surface area contributed by atoms with Crippen molar-refractivity contribution in [3.63, 3.8) is 0 Å². The van der Waals surface area contributed by atoms with Crippen molar-refractivity contribution >= 4 is 21.6 Å². The molecule has 0 saturated carbocycles. The zero-order valence-corrected chi connectivity index (χ0v) is 15.4. The van der Waals surface area contributed by atoms with Crippen molar-refractivity contribution in [2.45, 2.75) is 26.4 Å². The first kappa shape index (κ1) is 18.8. The van der Waals surface area contributed by atoms with Crippen LogP contribution in [0.4, 0.5) is 0 Å². The van der Waals surface area contributed by atoms with Crippen LogP contribution in [0.25, 0.3) is 11.1 Å². The quantitative estimate of drug-likeness (QED) is 0.764. The number of hydrogen-bond donors (Lipinski definition) is 1. The Bertz CT molecular complexity index is 743. The van der Waals surface area contributed by atoms with E-state index < -0.39 is 10.0 Å². The van der Waals surface area contributed by atoms with Crippen molar-refractivity contribution in [3.05, 3.63) is 53.6 Å². The summed E-state index contributed by atoms with van der Waals surface area (Å²) in [6.07, 6.45) is 0.342. The Balaban J connectivity index is 1.92. The van der Waals surface area contributed by atoms with E-state index in [1.54, 1.807) is 0 Å². The van der Waals surface area contributed by atoms with Crippen LogP contribution in [0.3, 0.4) is 0 Å². The van der Waals surface area contributed by atoms with Gasteiger partial charge >= 0.3 is 0 Å². The molecule has 0 aliphatic heterocycles. The van der Waals surface area contributed by atoms with Crippen molar-refractivity contribution in [2.75, 3.05) is 12.3 Å². The summed E-state index contributed by atoms with van der Waals surface area (Å²) in [5.74, 6) is 0.838. The van der Waals surface area contributed by atoms with E-state index in [9.17, 15) is 8.42 Å². The molecule has 0 radical (unpaired) electrons. The van der Waals surface area contributed by atoms with E-state index >= 15 is 0 Å². The summed E-state index contributed by atoms with van der Waals surface area (Å²) in [5, 5.41) is 0.707. The Kier molecular flexibility index (Phi) is 6.66. The summed E-state index contributed by atoms with van der Waals surface area (Å²) < 4.78 is 31.6. The molecule has 24 heavy (non-hydrogen) atoms. The highest BCUT2D eigenvalue weighted by molar-refractivity contribution is 7.89. The van der Waals surface area contributed by atoms with Crippen molar-refractivity contribution in [1.29, 1.82) is 0 Å². The molecular formula is C18H22ClNO3S. The Labute approximate surface area is 148 Å². The Hall–Kier alpha value is -1.56. The molecule has 0 aliphatic carbocycles. The fourth-order valence-electron chi connectivity index (χ4n) is 2.23. The maximum atomic E-state index is 11.6. The highest BCUT2D eigenvalue weighted by Crippen LogP contribution is 2.24. The van der Waals surface area contributed by atoms with Gasteiger partial charge in [-0.25, -0.2) is 13.1 Å². The van der Waals surface area contributed by atoms with Gasteiger partial charge in [0.25, 0.3) is 0 Å². The second-order valence-corrected chi connectivity index (χ2v) is 7.99. The van der Waals surface area contributed by atoms with E-state index in [0.717, 1.165) is 11.1 Å². The third-order valence-corrected chi connectivity index (χ3v) is 5.24. The van der Waals surface area contributed by atoms with Crippen molar-refractivity contribution < 1.29 is 13.2 Å². The van der Waals surface area contributed by atoms with Gasteiger partial charge < -0.3 is 4.74 Å². The number of hydrogen-bond acceptors (Lipinski definition) is 3. The summed E-state index contributed by atoms with van der Waals surface area (Å²) in [6.45, 7) is 3.92. The van der Waals surface area contributed by atoms with Gasteiger partial charge in [-0.2, -0.15) is 0 Å². The number of ether oxygens (including phenoxy) is 1. The molecule has 6 heteroatoms. The summed E-state index contributed by atoms with van der Waals surface area (Å²) in [7, 11) is -3.21. The first-order chi connectivity index (χ1) is 11.4. The minimum Gasteiger partial charge on any atom is -0.489 e. The van der Waals surface area contributed by atoms with Gasteiger partial charge in [-0.05, 0) is 48.7 Å². The lowest BCUT2D eigenvalue weighted by molar-refractivity contribution is 0.225. The van der Waals surface area contributed by atoms with Gasteiger partial charge in [0.15, 0.2) is 0 Å². The lowest BCUT2D eigenvalue weighted by Crippen LogP contribution is -2.34. The summed E-state index contributed by atoms with van der Waals surface area (Å²) >= 11 is 5.89. The molecule has 1 unspecified atom stereocenters. The normalized spacial score (nSPS) is 12.8. The third-order valence-electron chi connectivity index (χ3n) is 3.43. The van der Waals surface area contributed by atoms with E-state index in [4.69, 9.17) is 16.3 Å². The molecule has 130 valence electrons. The van der Waals surface area contributed by atoms with E-state index in [-0.39, 0.29) is 18.4 Å². The number of nitrogens with one attached hydrogen (secondary N) is 1. The molecule has 0 heterocycles. The van der Waals surface area contributed by atoms with Crippen LogP contribution in [-0.2, 0) is 10.0 Å². The number of sulfonamides is 1. The Morgan fingerprint density at radius 1 is 1.04 bits per heavy atom. The minimum atomic E-state index is -3.21. The van der Waals surface area contributed by atoms with Crippen LogP contribution in [0.15, 0.2) is 48.5 Å². The Morgan fingerprint density at radius 3 is 2.12 bits per heavy atom. The predicted molar refractivity (Wildman–Crippen MR) is 99.1 cm³/mol. The topological polar surface area (TPSA) is 55.4 Å². The molecule has 4 nitrogen and oxygen atoms in total. The molecule has 2 rings (SSSR count). The summed E-state index contributed by atoms with van der Waals surface area (Å²) in [4.78, 5) is 0. The molecule has 0 aromatic heterocycles. The maximum absolute atomic E-state index is 11.6. The summed E-state index contributed by atoms with van der Waals surface area (Å²) in [6, 6.07) is 15.3. The van der Waals surface area contributed by atoms with Crippen molar-refractivity contribution in [1.82, 2.24) is 4.72 Å². The van der Waals surface area contributed by atoms with Crippen LogP contribution in [0, 0.1) is 0 Å². The smallest absolute Gasteiger partial charge is 0.211 e. The molecule has 0 fully saturated rings. The van der Waals surface area contributed by atoms with Crippen LogP contribution in [-0.4, -0.2) is 26.8 Å². The predicted octanol–water partition coefficient (Wildman–Crippen LogP) is 4.10. The minimum absolute atomic E-state index is 0.134. The van der Waals surface area contributed by atoms with Gasteiger partial charge in [0, 0.05) is 11.6 Å². The highest BCUT2D eigenvalue weighted by Gasteiger charge is 2.11. The lowest BCUT2D eigenvalue weighted by atomic mass is 10.1. The summed E-state index contributed by atoms with van der Waals surface area (Å²) in [5.41, 5.74) is 2.14. The first-order valence-electron chi connectivity index (χ1n) is 7.89. The van der Waals surface area contributed by atoms with Crippen LogP contribution in [0.1, 0.15) is 20.3 Å². The van der Waals surface area contributed by atoms with Crippen LogP contribution < -0.4 is 9.46 Å². The van der Waals surface area contributed by atoms with E-state index in [1.165, 1.54) is 0 Å². The van der Waals surface area contributed by atoms with E-state index in [0.29, 0.717) is 17.2 Å². The monoisotopic (exact) mass is 367 g/mol.